The molecule has 0 spiro atoms. The lowest BCUT2D eigenvalue weighted by Crippen LogP contribution is -2.05. The third-order valence-electron chi connectivity index (χ3n) is 7.64. The smallest absolute Gasteiger partial charge is 0.241 e. The van der Waals surface area contributed by atoms with Crippen molar-refractivity contribution < 1.29 is 22.0 Å². The van der Waals surface area contributed by atoms with Crippen molar-refractivity contribution in [3.63, 3.8) is 0 Å². The summed E-state index contributed by atoms with van der Waals surface area (Å²) in [6.45, 7) is 16.7. The lowest BCUT2D eigenvalue weighted by molar-refractivity contribution is -0.137. The molecule has 6 aromatic carbocycles. The van der Waals surface area contributed by atoms with Gasteiger partial charge in [0.25, 0.3) is 0 Å². The van der Waals surface area contributed by atoms with Crippen molar-refractivity contribution in [2.24, 2.45) is 10.2 Å². The number of rotatable bonds is 2. The average molecular weight is 603 g/mol. The van der Waals surface area contributed by atoms with Crippen LogP contribution in [0.25, 0.3) is 75.8 Å². The minimum Gasteiger partial charge on any atom is -0.241 e. The van der Waals surface area contributed by atoms with Crippen LogP contribution in [0.5, 0.6) is 0 Å². The third-order valence-corrected chi connectivity index (χ3v) is 7.64. The second kappa shape index (κ2) is 10.00. The van der Waals surface area contributed by atoms with E-state index in [0.29, 0.717) is 55.3 Å². The number of halogens is 5. The number of nitrogens with zero attached hydrogens (tertiary/aromatic N) is 6. The molecule has 216 valence electrons. The summed E-state index contributed by atoms with van der Waals surface area (Å²) in [7, 11) is 0. The Hall–Kier alpha value is -6.07. The van der Waals surface area contributed by atoms with Gasteiger partial charge in [-0.3, -0.25) is 0 Å². The van der Waals surface area contributed by atoms with Gasteiger partial charge in [-0.05, 0) is 77.2 Å². The zero-order valence-electron chi connectivity index (χ0n) is 23.0. The van der Waals surface area contributed by atoms with Gasteiger partial charge in [0.1, 0.15) is 22.7 Å². The van der Waals surface area contributed by atoms with Crippen molar-refractivity contribution in [2.45, 2.75) is 13.1 Å². The van der Waals surface area contributed by atoms with Crippen LogP contribution >= 0.6 is 0 Å². The van der Waals surface area contributed by atoms with E-state index in [9.17, 15) is 22.0 Å². The van der Waals surface area contributed by atoms with Gasteiger partial charge in [-0.25, -0.2) is 18.7 Å². The molecule has 0 aliphatic carbocycles. The average Bonchev–Trinajstić information content (AvgIpc) is 3.46. The van der Waals surface area contributed by atoms with E-state index in [1.165, 1.54) is 24.3 Å². The molecule has 0 saturated heterocycles. The monoisotopic (exact) mass is 602 g/mol. The van der Waals surface area contributed by atoms with Crippen LogP contribution in [0.3, 0.4) is 0 Å². The summed E-state index contributed by atoms with van der Waals surface area (Å²) in [4.78, 5) is 16.1. The largest absolute Gasteiger partial charge is 0.416 e. The molecule has 7 aromatic rings. The normalized spacial score (nSPS) is 12.9. The summed E-state index contributed by atoms with van der Waals surface area (Å²) >= 11 is 0. The van der Waals surface area contributed by atoms with E-state index in [-0.39, 0.29) is 33.2 Å². The highest BCUT2D eigenvalue weighted by Crippen LogP contribution is 2.35. The molecule has 7 rings (SSSR count). The van der Waals surface area contributed by atoms with E-state index in [1.807, 2.05) is 6.07 Å². The lowest BCUT2D eigenvalue weighted by atomic mass is 10.0. The van der Waals surface area contributed by atoms with Gasteiger partial charge in [0.05, 0.1) is 26.8 Å². The van der Waals surface area contributed by atoms with Crippen LogP contribution in [0.2, 0.25) is 0 Å². The lowest BCUT2D eigenvalue weighted by Gasteiger charge is -2.10. The number of aromatic nitrogens is 2. The van der Waals surface area contributed by atoms with Gasteiger partial charge in [0, 0.05) is 21.5 Å². The molecule has 0 saturated carbocycles. The van der Waals surface area contributed by atoms with Crippen LogP contribution in [-0.4, -0.2) is 9.97 Å². The van der Waals surface area contributed by atoms with Crippen LogP contribution in [0.15, 0.2) is 83.0 Å². The van der Waals surface area contributed by atoms with Gasteiger partial charge in [-0.15, -0.1) is 9.91 Å². The summed E-state index contributed by atoms with van der Waals surface area (Å²) in [6.07, 6.45) is -4.74. The van der Waals surface area contributed by atoms with Crippen LogP contribution in [-0.2, 0) is 6.18 Å². The van der Waals surface area contributed by atoms with Crippen LogP contribution < -0.4 is 10.7 Å². The van der Waals surface area contributed by atoms with E-state index in [1.54, 1.807) is 31.2 Å². The highest BCUT2D eigenvalue weighted by Gasteiger charge is 2.31. The Kier molecular flexibility index (Phi) is 6.16. The molecule has 11 heteroatoms. The second-order valence-corrected chi connectivity index (χ2v) is 10.5. The van der Waals surface area contributed by atoms with Crippen LogP contribution in [0.4, 0.5) is 22.0 Å². The minimum atomic E-state index is -4.74. The molecule has 0 unspecified atom stereocenters. The van der Waals surface area contributed by atoms with Crippen LogP contribution in [0, 0.1) is 31.7 Å². The fourth-order valence-corrected chi connectivity index (χ4v) is 5.77. The Morgan fingerprint density at radius 2 is 1.07 bits per heavy atom. The van der Waals surface area contributed by atoms with E-state index in [0.717, 1.165) is 17.7 Å². The molecular formula is C34H15F5N6. The Labute approximate surface area is 250 Å². The van der Waals surface area contributed by atoms with Gasteiger partial charge in [-0.1, -0.05) is 30.3 Å². The molecule has 0 amide bonds. The molecule has 45 heavy (non-hydrogen) atoms. The highest BCUT2D eigenvalue weighted by atomic mass is 19.4. The van der Waals surface area contributed by atoms with Gasteiger partial charge < -0.3 is 0 Å². The standard InChI is InChI=1S/C34H15F5N6/c1-16-8-19(11-22(35)9-16)17-4-6-24-26(13-17)30(44-40-2)32-28(24)42-33-29(43-32)25-7-5-18(14-27(25)31(33)45-41-3)20-10-21(34(37,38)39)15-23(36)12-20/h4-15H,1H3/b44-30+,45-31-. The summed E-state index contributed by atoms with van der Waals surface area (Å²) in [5.41, 5.74) is 2.58. The quantitative estimate of drug-likeness (QED) is 0.113. The molecule has 0 bridgehead atoms. The molecule has 1 heterocycles. The maximum Gasteiger partial charge on any atom is 0.416 e. The molecule has 0 aliphatic heterocycles. The molecule has 1 aromatic heterocycles. The van der Waals surface area contributed by atoms with Gasteiger partial charge in [-0.2, -0.15) is 26.3 Å². The fourth-order valence-electron chi connectivity index (χ4n) is 5.77. The van der Waals surface area contributed by atoms with Crippen LogP contribution in [0.1, 0.15) is 11.1 Å². The first-order valence-electron chi connectivity index (χ1n) is 13.3. The van der Waals surface area contributed by atoms with Crippen molar-refractivity contribution in [3.05, 3.63) is 129 Å². The Balaban J connectivity index is 1.51. The number of aryl methyl sites for hydroxylation is 1. The minimum absolute atomic E-state index is 0.00337. The Morgan fingerprint density at radius 3 is 1.53 bits per heavy atom. The summed E-state index contributed by atoms with van der Waals surface area (Å²) in [5.74, 6) is -1.42. The van der Waals surface area contributed by atoms with Gasteiger partial charge in [0.2, 0.25) is 0 Å². The number of alkyl halides is 3. The number of hydrogen-bond acceptors (Lipinski definition) is 4. The number of hydrogen-bond donors (Lipinski definition) is 0. The molecule has 6 nitrogen and oxygen atoms in total. The predicted octanol–water partition coefficient (Wildman–Crippen LogP) is 8.37. The highest BCUT2D eigenvalue weighted by molar-refractivity contribution is 6.15. The molecule has 0 atom stereocenters. The number of benzene rings is 4. The molecule has 0 fully saturated rings. The predicted molar refractivity (Wildman–Crippen MR) is 159 cm³/mol. The van der Waals surface area contributed by atoms with E-state index in [4.69, 9.17) is 23.1 Å². The second-order valence-electron chi connectivity index (χ2n) is 10.5. The summed E-state index contributed by atoms with van der Waals surface area (Å²) in [6, 6.07) is 17.0. The van der Waals surface area contributed by atoms with E-state index >= 15 is 0 Å². The van der Waals surface area contributed by atoms with Gasteiger partial charge >= 0.3 is 6.18 Å². The first-order chi connectivity index (χ1) is 21.5. The molecule has 0 radical (unpaired) electrons. The number of fused-ring (bicyclic) bond motifs is 6. The zero-order valence-corrected chi connectivity index (χ0v) is 23.0. The van der Waals surface area contributed by atoms with E-state index in [2.05, 4.69) is 20.1 Å². The maximum atomic E-state index is 14.2. The SMILES string of the molecule is [C-]#[N+]/N=c1/c2cc(-c3cc(F)cc(C(F)(F)F)c3)ccc2c2nc3/c(=N/[N+]#[C-])c4cc(-c5cc(C)cc(F)c5)ccc4c3nc12. The summed E-state index contributed by atoms with van der Waals surface area (Å²) in [5, 5.41) is 10.5. The molecular weight excluding hydrogens is 587 g/mol. The molecule has 0 N–H and O–H groups in total. The maximum absolute atomic E-state index is 14.2. The van der Waals surface area contributed by atoms with Crippen molar-refractivity contribution >= 4 is 43.6 Å². The third kappa shape index (κ3) is 4.53. The van der Waals surface area contributed by atoms with E-state index < -0.39 is 17.6 Å². The topological polar surface area (TPSA) is 59.2 Å². The van der Waals surface area contributed by atoms with Crippen molar-refractivity contribution in [2.75, 3.05) is 0 Å². The first-order valence-corrected chi connectivity index (χ1v) is 13.3. The van der Waals surface area contributed by atoms with Crippen molar-refractivity contribution in [1.29, 1.82) is 0 Å². The van der Waals surface area contributed by atoms with Crippen molar-refractivity contribution in [3.8, 4) is 22.3 Å². The zero-order chi connectivity index (χ0) is 31.6. The Bertz CT molecular complexity index is 2580. The Morgan fingerprint density at radius 1 is 0.578 bits per heavy atom. The first kappa shape index (κ1) is 27.7. The van der Waals surface area contributed by atoms with Gasteiger partial charge in [0.15, 0.2) is 10.7 Å². The fraction of sp³-hybridized carbons (Fsp3) is 0.0588. The summed E-state index contributed by atoms with van der Waals surface area (Å²) < 4.78 is 68.6. The van der Waals surface area contributed by atoms with Crippen molar-refractivity contribution in [1.82, 2.24) is 9.97 Å². The molecule has 0 aliphatic rings.